The van der Waals surface area contributed by atoms with Gasteiger partial charge in [-0.1, -0.05) is 18.2 Å². The SMILES string of the molecule is CCOC(C)(C)C(Cc1c(C)cccc1C)NN. The Bertz CT molecular complexity index is 368. The first-order chi connectivity index (χ1) is 8.42. The molecule has 0 aromatic heterocycles. The molecule has 0 fully saturated rings. The van der Waals surface area contributed by atoms with Crippen LogP contribution in [0.15, 0.2) is 18.2 Å². The quantitative estimate of drug-likeness (QED) is 0.602. The van der Waals surface area contributed by atoms with Gasteiger partial charge in [-0.25, -0.2) is 0 Å². The second kappa shape index (κ2) is 6.32. The number of benzene rings is 1. The Morgan fingerprint density at radius 2 is 1.83 bits per heavy atom. The first kappa shape index (κ1) is 15.2. The molecule has 1 aromatic rings. The van der Waals surface area contributed by atoms with Crippen LogP contribution in [0, 0.1) is 13.8 Å². The van der Waals surface area contributed by atoms with E-state index in [4.69, 9.17) is 10.6 Å². The number of aryl methyl sites for hydroxylation is 2. The number of hydrazine groups is 1. The molecular formula is C15H26N2O. The fourth-order valence-corrected chi connectivity index (χ4v) is 2.35. The Labute approximate surface area is 111 Å². The topological polar surface area (TPSA) is 47.3 Å². The third-order valence-corrected chi connectivity index (χ3v) is 3.61. The summed E-state index contributed by atoms with van der Waals surface area (Å²) in [6.45, 7) is 11.1. The molecule has 0 amide bonds. The van der Waals surface area contributed by atoms with Crippen LogP contribution < -0.4 is 11.3 Å². The highest BCUT2D eigenvalue weighted by molar-refractivity contribution is 5.34. The molecule has 0 spiro atoms. The van der Waals surface area contributed by atoms with Crippen molar-refractivity contribution >= 4 is 0 Å². The van der Waals surface area contributed by atoms with E-state index in [1.54, 1.807) is 0 Å². The number of rotatable bonds is 6. The van der Waals surface area contributed by atoms with E-state index < -0.39 is 0 Å². The van der Waals surface area contributed by atoms with Crippen LogP contribution in [-0.4, -0.2) is 18.2 Å². The normalized spacial score (nSPS) is 13.7. The molecule has 1 atom stereocenters. The summed E-state index contributed by atoms with van der Waals surface area (Å²) in [5.41, 5.74) is 6.60. The van der Waals surface area contributed by atoms with Gasteiger partial charge < -0.3 is 4.74 Å². The van der Waals surface area contributed by atoms with Crippen molar-refractivity contribution < 1.29 is 4.74 Å². The molecule has 1 rings (SSSR count). The average Bonchev–Trinajstić information content (AvgIpc) is 2.28. The summed E-state index contributed by atoms with van der Waals surface area (Å²) in [5.74, 6) is 5.71. The highest BCUT2D eigenvalue weighted by Crippen LogP contribution is 2.22. The fourth-order valence-electron chi connectivity index (χ4n) is 2.35. The minimum atomic E-state index is -0.280. The van der Waals surface area contributed by atoms with Crippen molar-refractivity contribution in [2.45, 2.75) is 52.7 Å². The molecule has 1 unspecified atom stereocenters. The Morgan fingerprint density at radius 1 is 1.28 bits per heavy atom. The smallest absolute Gasteiger partial charge is 0.0795 e. The molecule has 0 saturated heterocycles. The Kier molecular flexibility index (Phi) is 5.32. The van der Waals surface area contributed by atoms with Crippen molar-refractivity contribution in [2.75, 3.05) is 6.61 Å². The predicted molar refractivity (Wildman–Crippen MR) is 76.4 cm³/mol. The van der Waals surface area contributed by atoms with Crippen LogP contribution in [0.25, 0.3) is 0 Å². The largest absolute Gasteiger partial charge is 0.374 e. The van der Waals surface area contributed by atoms with E-state index in [1.165, 1.54) is 16.7 Å². The van der Waals surface area contributed by atoms with Crippen molar-refractivity contribution in [2.24, 2.45) is 5.84 Å². The third kappa shape index (κ3) is 3.55. The summed E-state index contributed by atoms with van der Waals surface area (Å²) in [6, 6.07) is 6.47. The lowest BCUT2D eigenvalue weighted by Crippen LogP contribution is -2.52. The highest BCUT2D eigenvalue weighted by atomic mass is 16.5. The first-order valence-electron chi connectivity index (χ1n) is 6.57. The van der Waals surface area contributed by atoms with Crippen molar-refractivity contribution in [1.29, 1.82) is 0 Å². The lowest BCUT2D eigenvalue weighted by molar-refractivity contribution is -0.0381. The minimum absolute atomic E-state index is 0.0947. The van der Waals surface area contributed by atoms with Gasteiger partial charge in [-0.05, 0) is 57.7 Å². The summed E-state index contributed by atoms with van der Waals surface area (Å²) < 4.78 is 5.79. The summed E-state index contributed by atoms with van der Waals surface area (Å²) in [6.07, 6.45) is 0.877. The number of nitrogens with two attached hydrogens (primary N) is 1. The molecule has 0 bridgehead atoms. The minimum Gasteiger partial charge on any atom is -0.374 e. The maximum atomic E-state index is 5.79. The maximum absolute atomic E-state index is 5.79. The van der Waals surface area contributed by atoms with Crippen LogP contribution in [0.3, 0.4) is 0 Å². The number of nitrogens with one attached hydrogen (secondary N) is 1. The lowest BCUT2D eigenvalue weighted by Gasteiger charge is -2.34. The Morgan fingerprint density at radius 3 is 2.28 bits per heavy atom. The molecule has 1 aromatic carbocycles. The Balaban J connectivity index is 2.93. The second-order valence-corrected chi connectivity index (χ2v) is 5.33. The fraction of sp³-hybridized carbons (Fsp3) is 0.600. The van der Waals surface area contributed by atoms with Gasteiger partial charge in [-0.2, -0.15) is 0 Å². The predicted octanol–water partition coefficient (Wildman–Crippen LogP) is 2.49. The molecule has 3 nitrogen and oxygen atoms in total. The van der Waals surface area contributed by atoms with Crippen LogP contribution in [0.1, 0.15) is 37.5 Å². The molecule has 3 N–H and O–H groups in total. The van der Waals surface area contributed by atoms with Crippen LogP contribution in [0.2, 0.25) is 0 Å². The van der Waals surface area contributed by atoms with Gasteiger partial charge in [0, 0.05) is 6.61 Å². The monoisotopic (exact) mass is 250 g/mol. The van der Waals surface area contributed by atoms with Crippen LogP contribution in [-0.2, 0) is 11.2 Å². The summed E-state index contributed by atoms with van der Waals surface area (Å²) >= 11 is 0. The molecule has 3 heteroatoms. The van der Waals surface area contributed by atoms with Gasteiger partial charge in [0.1, 0.15) is 0 Å². The molecule has 0 heterocycles. The molecule has 0 radical (unpaired) electrons. The summed E-state index contributed by atoms with van der Waals surface area (Å²) in [5, 5.41) is 0. The number of hydrogen-bond acceptors (Lipinski definition) is 3. The third-order valence-electron chi connectivity index (χ3n) is 3.61. The highest BCUT2D eigenvalue weighted by Gasteiger charge is 2.29. The second-order valence-electron chi connectivity index (χ2n) is 5.33. The molecule has 0 aliphatic heterocycles. The zero-order chi connectivity index (χ0) is 13.8. The number of hydrogen-bond donors (Lipinski definition) is 2. The van der Waals surface area contributed by atoms with Gasteiger partial charge in [0.25, 0.3) is 0 Å². The molecule has 0 aliphatic rings. The zero-order valence-corrected chi connectivity index (χ0v) is 12.2. The van der Waals surface area contributed by atoms with Gasteiger partial charge in [-0.3, -0.25) is 11.3 Å². The van der Waals surface area contributed by atoms with Gasteiger partial charge >= 0.3 is 0 Å². The van der Waals surface area contributed by atoms with Gasteiger partial charge in [0.2, 0.25) is 0 Å². The van der Waals surface area contributed by atoms with Crippen molar-refractivity contribution in [3.63, 3.8) is 0 Å². The van der Waals surface area contributed by atoms with E-state index in [0.717, 1.165) is 6.42 Å². The van der Waals surface area contributed by atoms with Gasteiger partial charge in [-0.15, -0.1) is 0 Å². The standard InChI is InChI=1S/C15H26N2O/c1-6-18-15(4,5)14(17-16)10-13-11(2)8-7-9-12(13)3/h7-9,14,17H,6,10,16H2,1-5H3. The lowest BCUT2D eigenvalue weighted by atomic mass is 9.89. The summed E-state index contributed by atoms with van der Waals surface area (Å²) in [4.78, 5) is 0. The van der Waals surface area contributed by atoms with Gasteiger partial charge in [0.15, 0.2) is 0 Å². The van der Waals surface area contributed by atoms with Crippen molar-refractivity contribution in [1.82, 2.24) is 5.43 Å². The molecule has 18 heavy (non-hydrogen) atoms. The Hall–Kier alpha value is -0.900. The van der Waals surface area contributed by atoms with E-state index in [1.807, 2.05) is 6.92 Å². The van der Waals surface area contributed by atoms with E-state index in [0.29, 0.717) is 6.61 Å². The van der Waals surface area contributed by atoms with Crippen LogP contribution in [0.5, 0.6) is 0 Å². The zero-order valence-electron chi connectivity index (χ0n) is 12.2. The van der Waals surface area contributed by atoms with E-state index in [2.05, 4.69) is 51.3 Å². The molecule has 0 aliphatic carbocycles. The van der Waals surface area contributed by atoms with E-state index >= 15 is 0 Å². The van der Waals surface area contributed by atoms with E-state index in [9.17, 15) is 0 Å². The maximum Gasteiger partial charge on any atom is 0.0795 e. The van der Waals surface area contributed by atoms with Crippen molar-refractivity contribution in [3.05, 3.63) is 34.9 Å². The first-order valence-corrected chi connectivity index (χ1v) is 6.57. The summed E-state index contributed by atoms with van der Waals surface area (Å²) in [7, 11) is 0. The van der Waals surface area contributed by atoms with Gasteiger partial charge in [0.05, 0.1) is 11.6 Å². The van der Waals surface area contributed by atoms with Crippen LogP contribution >= 0.6 is 0 Å². The van der Waals surface area contributed by atoms with Crippen LogP contribution in [0.4, 0.5) is 0 Å². The van der Waals surface area contributed by atoms with E-state index in [-0.39, 0.29) is 11.6 Å². The average molecular weight is 250 g/mol. The molecule has 102 valence electrons. The van der Waals surface area contributed by atoms with Crippen molar-refractivity contribution in [3.8, 4) is 0 Å². The number of ether oxygens (including phenoxy) is 1. The molecule has 0 saturated carbocycles. The molecular weight excluding hydrogens is 224 g/mol.